The fourth-order valence-corrected chi connectivity index (χ4v) is 1.95. The Kier molecular flexibility index (Phi) is 5.25. The lowest BCUT2D eigenvalue weighted by molar-refractivity contribution is -0.146. The van der Waals surface area contributed by atoms with Crippen LogP contribution in [0.2, 0.25) is 10.0 Å². The van der Waals surface area contributed by atoms with Crippen LogP contribution in [0.1, 0.15) is 0 Å². The summed E-state index contributed by atoms with van der Waals surface area (Å²) in [7, 11) is 0. The van der Waals surface area contributed by atoms with Crippen molar-refractivity contribution in [1.82, 2.24) is 4.98 Å². The Morgan fingerprint density at radius 1 is 1.19 bits per heavy atom. The molecule has 5 nitrogen and oxygen atoms in total. The van der Waals surface area contributed by atoms with Crippen molar-refractivity contribution in [2.24, 2.45) is 0 Å². The highest BCUT2D eigenvalue weighted by atomic mass is 35.5. The van der Waals surface area contributed by atoms with Crippen LogP contribution in [0.25, 0.3) is 0 Å². The Morgan fingerprint density at radius 2 is 1.81 bits per heavy atom. The van der Waals surface area contributed by atoms with Gasteiger partial charge in [-0.05, 0) is 12.1 Å². The number of hydrogen-bond acceptors (Lipinski definition) is 4. The highest BCUT2D eigenvalue weighted by Gasteiger charge is 2.23. The van der Waals surface area contributed by atoms with E-state index in [0.29, 0.717) is 5.75 Å². The van der Waals surface area contributed by atoms with E-state index in [4.69, 9.17) is 32.7 Å². The number of carboxylic acid groups (broad SMARTS) is 1. The quantitative estimate of drug-likeness (QED) is 0.881. The highest BCUT2D eigenvalue weighted by Crippen LogP contribution is 2.32. The van der Waals surface area contributed by atoms with Crippen molar-refractivity contribution in [2.75, 3.05) is 6.61 Å². The van der Waals surface area contributed by atoms with E-state index in [1.54, 1.807) is 24.3 Å². The minimum absolute atomic E-state index is 0.0670. The maximum atomic E-state index is 11.2. The Morgan fingerprint density at radius 3 is 2.38 bits per heavy atom. The van der Waals surface area contributed by atoms with E-state index in [2.05, 4.69) is 4.98 Å². The highest BCUT2D eigenvalue weighted by molar-refractivity contribution is 6.36. The fourth-order valence-electron chi connectivity index (χ4n) is 1.50. The third kappa shape index (κ3) is 4.24. The number of benzene rings is 1. The van der Waals surface area contributed by atoms with E-state index in [1.165, 1.54) is 12.4 Å². The molecule has 7 heteroatoms. The lowest BCUT2D eigenvalue weighted by Gasteiger charge is -2.17. The van der Waals surface area contributed by atoms with Crippen LogP contribution in [0.5, 0.6) is 11.5 Å². The zero-order valence-corrected chi connectivity index (χ0v) is 12.2. The topological polar surface area (TPSA) is 68.7 Å². The maximum Gasteiger partial charge on any atom is 0.348 e. The van der Waals surface area contributed by atoms with Crippen LogP contribution in [0.3, 0.4) is 0 Å². The molecular weight excluding hydrogens is 317 g/mol. The van der Waals surface area contributed by atoms with Gasteiger partial charge in [-0.1, -0.05) is 41.4 Å². The number of rotatable bonds is 6. The SMILES string of the molecule is O=C(O)C(COc1ccccc1)Oc1c(Cl)cncc1Cl. The van der Waals surface area contributed by atoms with Crippen LogP contribution in [0.15, 0.2) is 42.7 Å². The van der Waals surface area contributed by atoms with Gasteiger partial charge in [-0.3, -0.25) is 4.98 Å². The number of aliphatic carboxylic acids is 1. The van der Waals surface area contributed by atoms with Crippen molar-refractivity contribution in [2.45, 2.75) is 6.10 Å². The first kappa shape index (κ1) is 15.4. The predicted molar refractivity (Wildman–Crippen MR) is 78.2 cm³/mol. The summed E-state index contributed by atoms with van der Waals surface area (Å²) in [5.74, 6) is -0.577. The largest absolute Gasteiger partial charge is 0.489 e. The first-order valence-electron chi connectivity index (χ1n) is 5.94. The molecule has 1 aromatic carbocycles. The number of ether oxygens (including phenoxy) is 2. The van der Waals surface area contributed by atoms with Gasteiger partial charge in [0.15, 0.2) is 5.75 Å². The average molecular weight is 328 g/mol. The summed E-state index contributed by atoms with van der Waals surface area (Å²) in [6.07, 6.45) is 1.39. The summed E-state index contributed by atoms with van der Waals surface area (Å²) in [6.45, 7) is -0.186. The zero-order valence-electron chi connectivity index (χ0n) is 10.7. The molecule has 0 aliphatic rings. The molecule has 1 heterocycles. The molecule has 0 radical (unpaired) electrons. The van der Waals surface area contributed by atoms with Gasteiger partial charge in [0.25, 0.3) is 0 Å². The van der Waals surface area contributed by atoms with Crippen molar-refractivity contribution in [3.8, 4) is 11.5 Å². The van der Waals surface area contributed by atoms with Gasteiger partial charge < -0.3 is 14.6 Å². The van der Waals surface area contributed by atoms with Crippen LogP contribution in [0, 0.1) is 0 Å². The van der Waals surface area contributed by atoms with Gasteiger partial charge in [-0.25, -0.2) is 4.79 Å². The number of hydrogen-bond donors (Lipinski definition) is 1. The second-order valence-electron chi connectivity index (χ2n) is 4.00. The molecule has 0 amide bonds. The van der Waals surface area contributed by atoms with Gasteiger partial charge in [0, 0.05) is 12.4 Å². The predicted octanol–water partition coefficient (Wildman–Crippen LogP) is 3.30. The molecule has 0 saturated carbocycles. The van der Waals surface area contributed by atoms with Crippen LogP contribution in [-0.4, -0.2) is 28.8 Å². The van der Waals surface area contributed by atoms with E-state index < -0.39 is 12.1 Å². The first-order chi connectivity index (χ1) is 10.1. The number of nitrogens with zero attached hydrogens (tertiary/aromatic N) is 1. The van der Waals surface area contributed by atoms with Gasteiger partial charge in [0.1, 0.15) is 22.4 Å². The number of aromatic nitrogens is 1. The number of para-hydroxylation sites is 1. The zero-order chi connectivity index (χ0) is 15.2. The molecule has 0 aliphatic heterocycles. The number of carbonyl (C=O) groups is 1. The van der Waals surface area contributed by atoms with Gasteiger partial charge in [0.2, 0.25) is 6.10 Å². The summed E-state index contributed by atoms with van der Waals surface area (Å²) in [5.41, 5.74) is 0. The van der Waals surface area contributed by atoms with Crippen LogP contribution in [-0.2, 0) is 4.79 Å². The molecule has 1 atom stereocenters. The molecule has 2 rings (SSSR count). The number of pyridine rings is 1. The lowest BCUT2D eigenvalue weighted by Crippen LogP contribution is -2.33. The monoisotopic (exact) mass is 327 g/mol. The standard InChI is InChI=1S/C14H11Cl2NO4/c15-10-6-17-7-11(16)13(10)21-12(14(18)19)8-20-9-4-2-1-3-5-9/h1-7,12H,8H2,(H,18,19). The minimum atomic E-state index is -1.25. The number of carboxylic acids is 1. The van der Waals surface area contributed by atoms with Crippen molar-refractivity contribution >= 4 is 29.2 Å². The Balaban J connectivity index is 2.08. The molecule has 0 spiro atoms. The molecule has 21 heavy (non-hydrogen) atoms. The number of halogens is 2. The molecular formula is C14H11Cl2NO4. The summed E-state index contributed by atoms with van der Waals surface area (Å²) in [5, 5.41) is 9.45. The van der Waals surface area contributed by atoms with Gasteiger partial charge >= 0.3 is 5.97 Å². The molecule has 0 saturated heterocycles. The van der Waals surface area contributed by atoms with Crippen LogP contribution in [0.4, 0.5) is 0 Å². The Hall–Kier alpha value is -1.98. The summed E-state index contributed by atoms with van der Waals surface area (Å²) >= 11 is 11.8. The normalized spacial score (nSPS) is 11.7. The Labute approximate surface area is 131 Å². The van der Waals surface area contributed by atoms with Crippen molar-refractivity contribution < 1.29 is 19.4 Å². The second-order valence-corrected chi connectivity index (χ2v) is 4.82. The van der Waals surface area contributed by atoms with Gasteiger partial charge in [-0.2, -0.15) is 0 Å². The summed E-state index contributed by atoms with van der Waals surface area (Å²) < 4.78 is 10.7. The first-order valence-corrected chi connectivity index (χ1v) is 6.70. The van der Waals surface area contributed by atoms with Crippen LogP contribution >= 0.6 is 23.2 Å². The maximum absolute atomic E-state index is 11.2. The summed E-state index contributed by atoms with van der Waals surface area (Å²) in [6, 6.07) is 8.82. The molecule has 1 N–H and O–H groups in total. The molecule has 2 aromatic rings. The molecule has 110 valence electrons. The van der Waals surface area contributed by atoms with E-state index in [9.17, 15) is 9.90 Å². The summed E-state index contributed by atoms with van der Waals surface area (Å²) in [4.78, 5) is 15.0. The molecule has 0 fully saturated rings. The van der Waals surface area contributed by atoms with Crippen LogP contribution < -0.4 is 9.47 Å². The fraction of sp³-hybridized carbons (Fsp3) is 0.143. The van der Waals surface area contributed by atoms with Gasteiger partial charge in [-0.15, -0.1) is 0 Å². The molecule has 0 bridgehead atoms. The molecule has 0 aliphatic carbocycles. The van der Waals surface area contributed by atoms with E-state index in [1.807, 2.05) is 6.07 Å². The minimum Gasteiger partial charge on any atom is -0.489 e. The van der Waals surface area contributed by atoms with E-state index >= 15 is 0 Å². The van der Waals surface area contributed by atoms with E-state index in [-0.39, 0.29) is 22.4 Å². The van der Waals surface area contributed by atoms with Crippen molar-refractivity contribution in [1.29, 1.82) is 0 Å². The lowest BCUT2D eigenvalue weighted by atomic mass is 10.3. The molecule has 1 aromatic heterocycles. The molecule has 1 unspecified atom stereocenters. The van der Waals surface area contributed by atoms with Crippen molar-refractivity contribution in [3.63, 3.8) is 0 Å². The average Bonchev–Trinajstić information content (AvgIpc) is 2.47. The smallest absolute Gasteiger partial charge is 0.348 e. The van der Waals surface area contributed by atoms with Gasteiger partial charge in [0.05, 0.1) is 0 Å². The van der Waals surface area contributed by atoms with E-state index in [0.717, 1.165) is 0 Å². The Bertz CT molecular complexity index is 601. The third-order valence-corrected chi connectivity index (χ3v) is 3.03. The van der Waals surface area contributed by atoms with Crippen molar-refractivity contribution in [3.05, 3.63) is 52.8 Å². The third-order valence-electron chi connectivity index (χ3n) is 2.49. The second kappa shape index (κ2) is 7.15.